The molecule has 0 aromatic heterocycles. The largest absolute Gasteiger partial charge is 0.510 e. The second kappa shape index (κ2) is 9.71. The Labute approximate surface area is 188 Å². The minimum Gasteiger partial charge on any atom is -0.510 e. The van der Waals surface area contributed by atoms with Gasteiger partial charge in [-0.05, 0) is 36.1 Å². The highest BCUT2D eigenvalue weighted by Crippen LogP contribution is 2.42. The number of hydrogen-bond donors (Lipinski definition) is 2. The van der Waals surface area contributed by atoms with E-state index in [1.807, 2.05) is 91.0 Å². The molecule has 0 saturated carbocycles. The molecule has 164 valence electrons. The molecule has 0 bridgehead atoms. The normalized spacial score (nSPS) is 18.3. The van der Waals surface area contributed by atoms with Crippen LogP contribution in [0.15, 0.2) is 102 Å². The van der Waals surface area contributed by atoms with Crippen LogP contribution in [0.3, 0.4) is 0 Å². The van der Waals surface area contributed by atoms with Gasteiger partial charge in [0.1, 0.15) is 11.4 Å². The molecule has 1 aliphatic heterocycles. The van der Waals surface area contributed by atoms with Crippen molar-refractivity contribution in [3.05, 3.63) is 114 Å². The minimum atomic E-state index is -0.969. The van der Waals surface area contributed by atoms with Crippen LogP contribution in [-0.4, -0.2) is 29.3 Å². The second-order valence-corrected chi connectivity index (χ2v) is 7.92. The van der Waals surface area contributed by atoms with Crippen molar-refractivity contribution in [1.29, 1.82) is 0 Å². The number of aliphatic hydroxyl groups is 2. The summed E-state index contributed by atoms with van der Waals surface area (Å²) in [5.74, 6) is -0.626. The summed E-state index contributed by atoms with van der Waals surface area (Å²) in [6.07, 6.45) is 1.40. The lowest BCUT2D eigenvalue weighted by atomic mass is 9.82. The maximum absolute atomic E-state index is 13.3. The van der Waals surface area contributed by atoms with E-state index in [0.29, 0.717) is 18.5 Å². The Bertz CT molecular complexity index is 1070. The summed E-state index contributed by atoms with van der Waals surface area (Å²) < 4.78 is 6.13. The van der Waals surface area contributed by atoms with Gasteiger partial charge in [0.25, 0.3) is 0 Å². The quantitative estimate of drug-likeness (QED) is 0.507. The highest BCUT2D eigenvalue weighted by atomic mass is 16.6. The molecule has 32 heavy (non-hydrogen) atoms. The van der Waals surface area contributed by atoms with Gasteiger partial charge in [0.15, 0.2) is 5.70 Å². The van der Waals surface area contributed by atoms with E-state index in [0.717, 1.165) is 11.1 Å². The summed E-state index contributed by atoms with van der Waals surface area (Å²) in [4.78, 5) is 14.9. The average Bonchev–Trinajstić information content (AvgIpc) is 2.83. The SMILES string of the molecule is O=C1OC(CCc2ccccc2)(c2ccccc2)CC(O)=C1N(CCO)c1ccccc1. The Morgan fingerprint density at radius 1 is 0.875 bits per heavy atom. The third-order valence-corrected chi connectivity index (χ3v) is 5.83. The van der Waals surface area contributed by atoms with E-state index in [4.69, 9.17) is 4.74 Å². The first-order chi connectivity index (χ1) is 15.6. The first kappa shape index (κ1) is 21.7. The van der Waals surface area contributed by atoms with Crippen molar-refractivity contribution in [2.75, 3.05) is 18.1 Å². The Balaban J connectivity index is 1.71. The van der Waals surface area contributed by atoms with Crippen molar-refractivity contribution >= 4 is 11.7 Å². The fourth-order valence-corrected chi connectivity index (χ4v) is 4.26. The number of cyclic esters (lactones) is 1. The number of aliphatic hydroxyl groups excluding tert-OH is 2. The van der Waals surface area contributed by atoms with Crippen LogP contribution in [-0.2, 0) is 21.6 Å². The zero-order valence-corrected chi connectivity index (χ0v) is 17.9. The average molecular weight is 430 g/mol. The molecule has 2 N–H and O–H groups in total. The van der Waals surface area contributed by atoms with Crippen LogP contribution in [0.2, 0.25) is 0 Å². The first-order valence-electron chi connectivity index (χ1n) is 10.8. The lowest BCUT2D eigenvalue weighted by Crippen LogP contribution is -2.43. The first-order valence-corrected chi connectivity index (χ1v) is 10.8. The summed E-state index contributed by atoms with van der Waals surface area (Å²) in [7, 11) is 0. The molecule has 3 aromatic carbocycles. The Morgan fingerprint density at radius 3 is 2.06 bits per heavy atom. The number of esters is 1. The van der Waals surface area contributed by atoms with Crippen molar-refractivity contribution < 1.29 is 19.7 Å². The summed E-state index contributed by atoms with van der Waals surface area (Å²) >= 11 is 0. The molecule has 0 fully saturated rings. The lowest BCUT2D eigenvalue weighted by molar-refractivity contribution is -0.161. The van der Waals surface area contributed by atoms with Crippen LogP contribution in [0.1, 0.15) is 24.0 Å². The fraction of sp³-hybridized carbons (Fsp3) is 0.222. The Morgan fingerprint density at radius 2 is 1.47 bits per heavy atom. The minimum absolute atomic E-state index is 0.0320. The van der Waals surface area contributed by atoms with E-state index in [-0.39, 0.29) is 31.0 Å². The van der Waals surface area contributed by atoms with Crippen LogP contribution in [0.5, 0.6) is 0 Å². The van der Waals surface area contributed by atoms with Crippen molar-refractivity contribution in [2.24, 2.45) is 0 Å². The molecule has 1 heterocycles. The van der Waals surface area contributed by atoms with Gasteiger partial charge >= 0.3 is 5.97 Å². The lowest BCUT2D eigenvalue weighted by Gasteiger charge is -2.40. The standard InChI is InChI=1S/C27H27NO4/c29-19-18-28(23-14-8-3-9-15-23)25-24(30)20-27(32-26(25)31,22-12-6-2-7-13-22)17-16-21-10-4-1-5-11-21/h1-15,29-30H,16-20H2. The molecule has 5 nitrogen and oxygen atoms in total. The summed E-state index contributed by atoms with van der Waals surface area (Å²) in [6.45, 7) is -0.00233. The molecule has 0 radical (unpaired) electrons. The van der Waals surface area contributed by atoms with Gasteiger partial charge in [-0.3, -0.25) is 0 Å². The number of aryl methyl sites for hydroxylation is 1. The number of anilines is 1. The van der Waals surface area contributed by atoms with Gasteiger partial charge in [0.05, 0.1) is 13.0 Å². The molecule has 4 rings (SSSR count). The number of carbonyl (C=O) groups excluding carboxylic acids is 1. The molecular formula is C27H27NO4. The Kier molecular flexibility index (Phi) is 6.57. The van der Waals surface area contributed by atoms with E-state index >= 15 is 0 Å². The van der Waals surface area contributed by atoms with Crippen LogP contribution < -0.4 is 4.90 Å². The molecular weight excluding hydrogens is 402 g/mol. The van der Waals surface area contributed by atoms with E-state index < -0.39 is 11.6 Å². The zero-order valence-electron chi connectivity index (χ0n) is 17.9. The summed E-state index contributed by atoms with van der Waals surface area (Å²) in [5.41, 5.74) is 1.80. The van der Waals surface area contributed by atoms with Gasteiger partial charge in [-0.2, -0.15) is 0 Å². The zero-order chi connectivity index (χ0) is 22.4. The monoisotopic (exact) mass is 429 g/mol. The van der Waals surface area contributed by atoms with Gasteiger partial charge in [-0.25, -0.2) is 4.79 Å². The predicted molar refractivity (Wildman–Crippen MR) is 124 cm³/mol. The van der Waals surface area contributed by atoms with Crippen molar-refractivity contribution in [2.45, 2.75) is 24.9 Å². The van der Waals surface area contributed by atoms with Gasteiger partial charge in [0, 0.05) is 12.2 Å². The van der Waals surface area contributed by atoms with E-state index in [1.165, 1.54) is 0 Å². The second-order valence-electron chi connectivity index (χ2n) is 7.92. The number of hydrogen-bond acceptors (Lipinski definition) is 5. The molecule has 1 aliphatic rings. The van der Waals surface area contributed by atoms with Gasteiger partial charge in [-0.1, -0.05) is 78.9 Å². The summed E-state index contributed by atoms with van der Waals surface area (Å²) in [6, 6.07) is 28.9. The van der Waals surface area contributed by atoms with E-state index in [1.54, 1.807) is 4.90 Å². The fourth-order valence-electron chi connectivity index (χ4n) is 4.26. The molecule has 0 spiro atoms. The van der Waals surface area contributed by atoms with Crippen molar-refractivity contribution in [1.82, 2.24) is 0 Å². The number of nitrogens with zero attached hydrogens (tertiary/aromatic N) is 1. The van der Waals surface area contributed by atoms with Crippen molar-refractivity contribution in [3.63, 3.8) is 0 Å². The maximum Gasteiger partial charge on any atom is 0.359 e. The molecule has 0 aliphatic carbocycles. The van der Waals surface area contributed by atoms with Gasteiger partial charge < -0.3 is 19.8 Å². The smallest absolute Gasteiger partial charge is 0.359 e. The van der Waals surface area contributed by atoms with Gasteiger partial charge in [0.2, 0.25) is 0 Å². The van der Waals surface area contributed by atoms with Crippen LogP contribution in [0.4, 0.5) is 5.69 Å². The number of rotatable bonds is 8. The number of para-hydroxylation sites is 1. The van der Waals surface area contributed by atoms with Crippen molar-refractivity contribution in [3.8, 4) is 0 Å². The highest BCUT2D eigenvalue weighted by molar-refractivity contribution is 5.94. The van der Waals surface area contributed by atoms with Crippen LogP contribution in [0, 0.1) is 0 Å². The summed E-state index contributed by atoms with van der Waals surface area (Å²) in [5, 5.41) is 20.7. The van der Waals surface area contributed by atoms with Crippen LogP contribution in [0.25, 0.3) is 0 Å². The van der Waals surface area contributed by atoms with E-state index in [9.17, 15) is 15.0 Å². The number of benzene rings is 3. The molecule has 1 atom stereocenters. The molecule has 5 heteroatoms. The molecule has 0 amide bonds. The highest BCUT2D eigenvalue weighted by Gasteiger charge is 2.44. The topological polar surface area (TPSA) is 70.0 Å². The number of carbonyl (C=O) groups is 1. The third-order valence-electron chi connectivity index (χ3n) is 5.83. The third kappa shape index (κ3) is 4.53. The van der Waals surface area contributed by atoms with Crippen LogP contribution >= 0.6 is 0 Å². The van der Waals surface area contributed by atoms with E-state index in [2.05, 4.69) is 0 Å². The maximum atomic E-state index is 13.3. The predicted octanol–water partition coefficient (Wildman–Crippen LogP) is 4.73. The Hall–Kier alpha value is -3.57. The van der Waals surface area contributed by atoms with Gasteiger partial charge in [-0.15, -0.1) is 0 Å². The number of ether oxygens (including phenoxy) is 1. The molecule has 3 aromatic rings. The molecule has 1 unspecified atom stereocenters. The molecule has 0 saturated heterocycles.